The van der Waals surface area contributed by atoms with Crippen molar-refractivity contribution in [3.63, 3.8) is 0 Å². The Kier molecular flexibility index (Phi) is 4.77. The van der Waals surface area contributed by atoms with E-state index in [2.05, 4.69) is 32.2 Å². The largest absolute Gasteiger partial charge is 0.363 e. The molecule has 0 unspecified atom stereocenters. The topological polar surface area (TPSA) is 74.2 Å². The summed E-state index contributed by atoms with van der Waals surface area (Å²) in [5.74, 6) is 0.576. The molecule has 7 nitrogen and oxygen atoms in total. The van der Waals surface area contributed by atoms with Crippen molar-refractivity contribution in [1.82, 2.24) is 24.8 Å². The van der Waals surface area contributed by atoms with Gasteiger partial charge in [-0.15, -0.1) is 0 Å². The highest BCUT2D eigenvalue weighted by Gasteiger charge is 2.21. The van der Waals surface area contributed by atoms with Gasteiger partial charge < -0.3 is 15.1 Å². The van der Waals surface area contributed by atoms with Gasteiger partial charge in [-0.1, -0.05) is 6.07 Å². The Balaban J connectivity index is 1.57. The Morgan fingerprint density at radius 3 is 2.61 bits per heavy atom. The van der Waals surface area contributed by atoms with E-state index < -0.39 is 0 Å². The monoisotopic (exact) mass is 312 g/mol. The van der Waals surface area contributed by atoms with Crippen LogP contribution in [0.5, 0.6) is 0 Å². The van der Waals surface area contributed by atoms with E-state index in [1.54, 1.807) is 12.4 Å². The summed E-state index contributed by atoms with van der Waals surface area (Å²) in [4.78, 5) is 29.1. The molecule has 0 saturated carbocycles. The van der Waals surface area contributed by atoms with E-state index in [0.717, 1.165) is 31.9 Å². The van der Waals surface area contributed by atoms with Gasteiger partial charge in [0.15, 0.2) is 0 Å². The molecule has 7 heteroatoms. The van der Waals surface area contributed by atoms with Gasteiger partial charge in [0.2, 0.25) is 0 Å². The van der Waals surface area contributed by atoms with E-state index >= 15 is 0 Å². The lowest BCUT2D eigenvalue weighted by atomic mass is 10.3. The number of anilines is 1. The van der Waals surface area contributed by atoms with Crippen LogP contribution < -0.4 is 5.32 Å². The molecule has 0 aliphatic carbocycles. The summed E-state index contributed by atoms with van der Waals surface area (Å²) in [7, 11) is 2.06. The predicted octanol–water partition coefficient (Wildman–Crippen LogP) is 0.871. The highest BCUT2D eigenvalue weighted by molar-refractivity contribution is 5.92. The number of piperazine rings is 1. The highest BCUT2D eigenvalue weighted by Crippen LogP contribution is 2.08. The predicted molar refractivity (Wildman–Crippen MR) is 87.0 cm³/mol. The molecular weight excluding hydrogens is 292 g/mol. The summed E-state index contributed by atoms with van der Waals surface area (Å²) < 4.78 is 0. The molecule has 1 fully saturated rings. The van der Waals surface area contributed by atoms with Crippen LogP contribution in [0.4, 0.5) is 5.82 Å². The molecule has 1 aliphatic heterocycles. The summed E-state index contributed by atoms with van der Waals surface area (Å²) in [5, 5.41) is 3.14. The van der Waals surface area contributed by atoms with Crippen LogP contribution in [0.15, 0.2) is 36.8 Å². The molecule has 0 atom stereocenters. The van der Waals surface area contributed by atoms with Crippen LogP contribution in [0.3, 0.4) is 0 Å². The molecule has 120 valence electrons. The maximum absolute atomic E-state index is 12.4. The highest BCUT2D eigenvalue weighted by atomic mass is 16.2. The van der Waals surface area contributed by atoms with E-state index in [1.807, 2.05) is 23.1 Å². The smallest absolute Gasteiger partial charge is 0.274 e. The summed E-state index contributed by atoms with van der Waals surface area (Å²) in [6.07, 6.45) is 4.87. The fraction of sp³-hybridized carbons (Fsp3) is 0.375. The van der Waals surface area contributed by atoms with E-state index in [0.29, 0.717) is 18.1 Å². The molecule has 3 rings (SSSR count). The number of aromatic nitrogens is 3. The van der Waals surface area contributed by atoms with Crippen LogP contribution in [0, 0.1) is 0 Å². The van der Waals surface area contributed by atoms with Gasteiger partial charge >= 0.3 is 0 Å². The lowest BCUT2D eigenvalue weighted by Crippen LogP contribution is -2.47. The molecule has 1 saturated heterocycles. The number of carbonyl (C=O) groups is 1. The molecule has 1 aliphatic rings. The van der Waals surface area contributed by atoms with E-state index in [4.69, 9.17) is 0 Å². The van der Waals surface area contributed by atoms with Crippen molar-refractivity contribution in [1.29, 1.82) is 0 Å². The average molecular weight is 312 g/mol. The fourth-order valence-electron chi connectivity index (χ4n) is 2.39. The van der Waals surface area contributed by atoms with Crippen LogP contribution in [-0.4, -0.2) is 63.9 Å². The van der Waals surface area contributed by atoms with Crippen molar-refractivity contribution in [2.24, 2.45) is 0 Å². The van der Waals surface area contributed by atoms with Crippen molar-refractivity contribution < 1.29 is 4.79 Å². The summed E-state index contributed by atoms with van der Waals surface area (Å²) in [5.41, 5.74) is 1.31. The number of rotatable bonds is 4. The van der Waals surface area contributed by atoms with Gasteiger partial charge in [-0.3, -0.25) is 9.78 Å². The zero-order chi connectivity index (χ0) is 16.1. The van der Waals surface area contributed by atoms with Crippen LogP contribution in [0.2, 0.25) is 0 Å². The van der Waals surface area contributed by atoms with Gasteiger partial charge in [-0.2, -0.15) is 0 Å². The van der Waals surface area contributed by atoms with Crippen molar-refractivity contribution in [2.45, 2.75) is 6.54 Å². The maximum Gasteiger partial charge on any atom is 0.274 e. The lowest BCUT2D eigenvalue weighted by Gasteiger charge is -2.32. The van der Waals surface area contributed by atoms with Gasteiger partial charge in [0, 0.05) is 32.4 Å². The normalized spacial score (nSPS) is 15.4. The standard InChI is InChI=1S/C16H20N6O/c1-21-6-8-22(9-7-21)16(23)14-11-20-15(12-18-14)19-10-13-4-2-3-5-17-13/h2-5,11-12H,6-10H2,1H3,(H,19,20). The number of nitrogens with one attached hydrogen (secondary N) is 1. The number of hydrogen-bond acceptors (Lipinski definition) is 6. The van der Waals surface area contributed by atoms with Crippen LogP contribution in [0.1, 0.15) is 16.2 Å². The minimum absolute atomic E-state index is 0.0538. The summed E-state index contributed by atoms with van der Waals surface area (Å²) in [6, 6.07) is 5.75. The second kappa shape index (κ2) is 7.15. The SMILES string of the molecule is CN1CCN(C(=O)c2cnc(NCc3ccccn3)cn2)CC1. The van der Waals surface area contributed by atoms with Gasteiger partial charge in [0.1, 0.15) is 11.5 Å². The van der Waals surface area contributed by atoms with Gasteiger partial charge in [-0.25, -0.2) is 9.97 Å². The van der Waals surface area contributed by atoms with Crippen LogP contribution in [0.25, 0.3) is 0 Å². The third-order valence-electron chi connectivity index (χ3n) is 3.84. The minimum atomic E-state index is -0.0538. The molecule has 0 bridgehead atoms. The lowest BCUT2D eigenvalue weighted by molar-refractivity contribution is 0.0658. The van der Waals surface area contributed by atoms with Crippen LogP contribution >= 0.6 is 0 Å². The molecule has 0 radical (unpaired) electrons. The average Bonchev–Trinajstić information content (AvgIpc) is 2.61. The number of amides is 1. The Bertz CT molecular complexity index is 637. The zero-order valence-corrected chi connectivity index (χ0v) is 13.1. The number of pyridine rings is 1. The number of likely N-dealkylation sites (N-methyl/N-ethyl adjacent to an activating group) is 1. The molecule has 3 heterocycles. The molecule has 0 spiro atoms. The Hall–Kier alpha value is -2.54. The van der Waals surface area contributed by atoms with Gasteiger partial charge in [0.05, 0.1) is 24.6 Å². The van der Waals surface area contributed by atoms with E-state index in [1.165, 1.54) is 6.20 Å². The quantitative estimate of drug-likeness (QED) is 0.903. The second-order valence-corrected chi connectivity index (χ2v) is 5.56. The first-order chi connectivity index (χ1) is 11.2. The minimum Gasteiger partial charge on any atom is -0.363 e. The van der Waals surface area contributed by atoms with Crippen molar-refractivity contribution in [3.8, 4) is 0 Å². The maximum atomic E-state index is 12.4. The summed E-state index contributed by atoms with van der Waals surface area (Å²) >= 11 is 0. The van der Waals surface area contributed by atoms with Crippen molar-refractivity contribution in [2.75, 3.05) is 38.5 Å². The Morgan fingerprint density at radius 2 is 1.96 bits per heavy atom. The van der Waals surface area contributed by atoms with Gasteiger partial charge in [-0.05, 0) is 19.2 Å². The molecule has 1 N–H and O–H groups in total. The first-order valence-electron chi connectivity index (χ1n) is 7.66. The number of hydrogen-bond donors (Lipinski definition) is 1. The van der Waals surface area contributed by atoms with E-state index in [-0.39, 0.29) is 5.91 Å². The fourth-order valence-corrected chi connectivity index (χ4v) is 2.39. The molecule has 0 aromatic carbocycles. The van der Waals surface area contributed by atoms with Crippen molar-refractivity contribution in [3.05, 3.63) is 48.2 Å². The second-order valence-electron chi connectivity index (χ2n) is 5.56. The summed E-state index contributed by atoms with van der Waals surface area (Å²) in [6.45, 7) is 3.82. The van der Waals surface area contributed by atoms with Crippen molar-refractivity contribution >= 4 is 11.7 Å². The molecule has 2 aromatic rings. The number of nitrogens with zero attached hydrogens (tertiary/aromatic N) is 5. The first-order valence-corrected chi connectivity index (χ1v) is 7.66. The van der Waals surface area contributed by atoms with E-state index in [9.17, 15) is 4.79 Å². The number of carbonyl (C=O) groups excluding carboxylic acids is 1. The Labute approximate surface area is 135 Å². The molecule has 2 aromatic heterocycles. The molecule has 1 amide bonds. The Morgan fingerprint density at radius 1 is 1.13 bits per heavy atom. The van der Waals surface area contributed by atoms with Gasteiger partial charge in [0.25, 0.3) is 5.91 Å². The first kappa shape index (κ1) is 15.4. The third-order valence-corrected chi connectivity index (χ3v) is 3.84. The molecule has 23 heavy (non-hydrogen) atoms. The zero-order valence-electron chi connectivity index (χ0n) is 13.1. The van der Waals surface area contributed by atoms with Crippen LogP contribution in [-0.2, 0) is 6.54 Å². The third kappa shape index (κ3) is 4.01. The molecular formula is C16H20N6O.